The van der Waals surface area contributed by atoms with Crippen molar-refractivity contribution in [2.75, 3.05) is 29.5 Å². The van der Waals surface area contributed by atoms with Crippen LogP contribution < -0.4 is 4.90 Å². The zero-order valence-electron chi connectivity index (χ0n) is 9.30. The Kier molecular flexibility index (Phi) is 3.79. The van der Waals surface area contributed by atoms with Crippen LogP contribution in [-0.2, 0) is 9.84 Å². The van der Waals surface area contributed by atoms with Crippen LogP contribution in [0.15, 0.2) is 0 Å². The summed E-state index contributed by atoms with van der Waals surface area (Å²) in [5.74, 6) is -0.896. The van der Waals surface area contributed by atoms with Gasteiger partial charge in [-0.2, -0.15) is 0 Å². The quantitative estimate of drug-likeness (QED) is 0.880. The molecule has 100 valence electrons. The highest BCUT2D eigenvalue weighted by atomic mass is 35.5. The molecule has 2 rings (SSSR count). The van der Waals surface area contributed by atoms with Crippen LogP contribution in [0.3, 0.4) is 0 Å². The zero-order valence-corrected chi connectivity index (χ0v) is 11.7. The average molecular weight is 311 g/mol. The molecule has 0 bridgehead atoms. The molecule has 0 atom stereocenters. The molecular formula is C9H11ClN2O4S2. The van der Waals surface area contributed by atoms with Gasteiger partial charge in [-0.25, -0.2) is 18.2 Å². The molecule has 9 heteroatoms. The minimum Gasteiger partial charge on any atom is -0.477 e. The van der Waals surface area contributed by atoms with Gasteiger partial charge >= 0.3 is 5.97 Å². The number of carboxylic acids is 1. The van der Waals surface area contributed by atoms with Gasteiger partial charge in [0.1, 0.15) is 0 Å². The predicted octanol–water partition coefficient (Wildman–Crippen LogP) is 1.12. The number of anilines is 1. The molecule has 0 radical (unpaired) electrons. The van der Waals surface area contributed by atoms with E-state index in [1.54, 1.807) is 4.90 Å². The number of aromatic carboxylic acids is 1. The van der Waals surface area contributed by atoms with Crippen molar-refractivity contribution in [2.24, 2.45) is 0 Å². The minimum atomic E-state index is -2.99. The largest absolute Gasteiger partial charge is 0.477 e. The van der Waals surface area contributed by atoms with E-state index in [0.29, 0.717) is 24.6 Å². The normalized spacial score (nSPS) is 19.5. The van der Waals surface area contributed by atoms with Gasteiger partial charge in [0.2, 0.25) is 0 Å². The number of halogens is 1. The number of sulfone groups is 1. The smallest absolute Gasteiger partial charge is 0.349 e. The van der Waals surface area contributed by atoms with E-state index in [2.05, 4.69) is 4.98 Å². The van der Waals surface area contributed by atoms with E-state index < -0.39 is 15.8 Å². The van der Waals surface area contributed by atoms with Crippen LogP contribution in [0.5, 0.6) is 0 Å². The second-order valence-corrected chi connectivity index (χ2v) is 7.55. The van der Waals surface area contributed by atoms with Gasteiger partial charge in [-0.05, 0) is 6.42 Å². The maximum atomic E-state index is 11.5. The van der Waals surface area contributed by atoms with Crippen LogP contribution in [0.1, 0.15) is 16.1 Å². The molecule has 1 saturated heterocycles. The fourth-order valence-corrected chi connectivity index (χ4v) is 4.13. The second kappa shape index (κ2) is 5.02. The van der Waals surface area contributed by atoms with Gasteiger partial charge in [0.25, 0.3) is 0 Å². The lowest BCUT2D eigenvalue weighted by Crippen LogP contribution is -2.26. The third kappa shape index (κ3) is 2.93. The van der Waals surface area contributed by atoms with Crippen molar-refractivity contribution in [3.05, 3.63) is 10.0 Å². The van der Waals surface area contributed by atoms with E-state index in [4.69, 9.17) is 16.7 Å². The summed E-state index contributed by atoms with van der Waals surface area (Å²) in [5.41, 5.74) is 0. The topological polar surface area (TPSA) is 87.6 Å². The number of hydrogen-bond donors (Lipinski definition) is 1. The Morgan fingerprint density at radius 3 is 2.72 bits per heavy atom. The van der Waals surface area contributed by atoms with Crippen LogP contribution in [-0.4, -0.2) is 49.1 Å². The monoisotopic (exact) mass is 310 g/mol. The summed E-state index contributed by atoms with van der Waals surface area (Å²) in [6, 6.07) is 0. The van der Waals surface area contributed by atoms with E-state index in [1.807, 2.05) is 0 Å². The standard InChI is InChI=1S/C9H11ClN2O4S2/c10-7-6(8(13)14)17-9(11-7)12-2-1-4-18(15,16)5-3-12/h1-5H2,(H,13,14). The van der Waals surface area contributed by atoms with Crippen LogP contribution >= 0.6 is 22.9 Å². The van der Waals surface area contributed by atoms with Crippen LogP contribution in [0, 0.1) is 0 Å². The number of carboxylic acid groups (broad SMARTS) is 1. The Hall–Kier alpha value is -0.860. The van der Waals surface area contributed by atoms with Crippen LogP contribution in [0.25, 0.3) is 0 Å². The molecule has 2 heterocycles. The lowest BCUT2D eigenvalue weighted by atomic mass is 10.4. The van der Waals surface area contributed by atoms with Gasteiger partial charge in [-0.3, -0.25) is 0 Å². The molecule has 1 aliphatic heterocycles. The fourth-order valence-electron chi connectivity index (χ4n) is 1.69. The Balaban J connectivity index is 2.22. The van der Waals surface area contributed by atoms with Crippen molar-refractivity contribution in [3.8, 4) is 0 Å². The summed E-state index contributed by atoms with van der Waals surface area (Å²) in [4.78, 5) is 16.6. The number of nitrogens with zero attached hydrogens (tertiary/aromatic N) is 2. The van der Waals surface area contributed by atoms with Crippen molar-refractivity contribution in [2.45, 2.75) is 6.42 Å². The molecule has 1 aliphatic rings. The molecule has 1 N–H and O–H groups in total. The highest BCUT2D eigenvalue weighted by Gasteiger charge is 2.23. The summed E-state index contributed by atoms with van der Waals surface area (Å²) in [7, 11) is -2.99. The van der Waals surface area contributed by atoms with Crippen molar-refractivity contribution in [1.29, 1.82) is 0 Å². The first-order valence-electron chi connectivity index (χ1n) is 5.24. The molecular weight excluding hydrogens is 300 g/mol. The highest BCUT2D eigenvalue weighted by Crippen LogP contribution is 2.30. The van der Waals surface area contributed by atoms with Crippen molar-refractivity contribution in [3.63, 3.8) is 0 Å². The minimum absolute atomic E-state index is 0.0150. The molecule has 0 amide bonds. The number of aromatic nitrogens is 1. The molecule has 18 heavy (non-hydrogen) atoms. The third-order valence-corrected chi connectivity index (χ3v) is 5.80. The molecule has 6 nitrogen and oxygen atoms in total. The van der Waals surface area contributed by atoms with E-state index in [-0.39, 0.29) is 21.5 Å². The first kappa shape index (κ1) is 13.6. The van der Waals surface area contributed by atoms with Crippen LogP contribution in [0.4, 0.5) is 5.13 Å². The Bertz CT molecular complexity index is 569. The molecule has 1 fully saturated rings. The third-order valence-electron chi connectivity index (χ3n) is 2.59. The number of thiazole rings is 1. The average Bonchev–Trinajstić information content (AvgIpc) is 2.55. The molecule has 0 aromatic carbocycles. The predicted molar refractivity (Wildman–Crippen MR) is 69.6 cm³/mol. The molecule has 0 aliphatic carbocycles. The van der Waals surface area contributed by atoms with Gasteiger partial charge in [0, 0.05) is 13.1 Å². The van der Waals surface area contributed by atoms with Gasteiger partial charge in [-0.1, -0.05) is 22.9 Å². The van der Waals surface area contributed by atoms with Gasteiger partial charge in [-0.15, -0.1) is 0 Å². The number of carbonyl (C=O) groups is 1. The van der Waals surface area contributed by atoms with Crippen molar-refractivity contribution < 1.29 is 18.3 Å². The van der Waals surface area contributed by atoms with E-state index >= 15 is 0 Å². The van der Waals surface area contributed by atoms with Crippen molar-refractivity contribution in [1.82, 2.24) is 4.98 Å². The second-order valence-electron chi connectivity index (χ2n) is 3.91. The maximum Gasteiger partial charge on any atom is 0.349 e. The Morgan fingerprint density at radius 2 is 2.11 bits per heavy atom. The van der Waals surface area contributed by atoms with Crippen molar-refractivity contribution >= 4 is 43.9 Å². The molecule has 1 aromatic rings. The Morgan fingerprint density at radius 1 is 1.39 bits per heavy atom. The molecule has 0 spiro atoms. The van der Waals surface area contributed by atoms with Crippen LogP contribution in [0.2, 0.25) is 5.15 Å². The summed E-state index contributed by atoms with van der Waals surface area (Å²) in [6.07, 6.45) is 0.516. The van der Waals surface area contributed by atoms with Gasteiger partial charge in [0.05, 0.1) is 11.5 Å². The Labute approximate surface area is 113 Å². The van der Waals surface area contributed by atoms with E-state index in [0.717, 1.165) is 11.3 Å². The molecule has 1 aromatic heterocycles. The first-order valence-corrected chi connectivity index (χ1v) is 8.25. The van der Waals surface area contributed by atoms with E-state index in [1.165, 1.54) is 0 Å². The molecule has 0 saturated carbocycles. The summed E-state index contributed by atoms with van der Waals surface area (Å²) < 4.78 is 22.9. The number of hydrogen-bond acceptors (Lipinski definition) is 6. The van der Waals surface area contributed by atoms with E-state index in [9.17, 15) is 13.2 Å². The lowest BCUT2D eigenvalue weighted by Gasteiger charge is -2.17. The van der Waals surface area contributed by atoms with Gasteiger partial charge < -0.3 is 10.0 Å². The SMILES string of the molecule is O=C(O)c1sc(N2CCCS(=O)(=O)CC2)nc1Cl. The fraction of sp³-hybridized carbons (Fsp3) is 0.556. The maximum absolute atomic E-state index is 11.5. The molecule has 0 unspecified atom stereocenters. The zero-order chi connectivity index (χ0) is 13.3. The lowest BCUT2D eigenvalue weighted by molar-refractivity contribution is 0.0702. The highest BCUT2D eigenvalue weighted by molar-refractivity contribution is 7.91. The summed E-state index contributed by atoms with van der Waals surface area (Å²) >= 11 is 6.70. The summed E-state index contributed by atoms with van der Waals surface area (Å²) in [5, 5.41) is 9.31. The first-order chi connectivity index (χ1) is 8.39. The summed E-state index contributed by atoms with van der Waals surface area (Å²) in [6.45, 7) is 0.868. The number of rotatable bonds is 2. The van der Waals surface area contributed by atoms with Gasteiger partial charge in [0.15, 0.2) is 25.0 Å².